The van der Waals surface area contributed by atoms with Crippen molar-refractivity contribution in [3.05, 3.63) is 81.4 Å². The van der Waals surface area contributed by atoms with Crippen LogP contribution in [0, 0.1) is 5.82 Å². The third kappa shape index (κ3) is 3.32. The van der Waals surface area contributed by atoms with Crippen molar-refractivity contribution in [2.75, 3.05) is 0 Å². The van der Waals surface area contributed by atoms with Crippen LogP contribution in [-0.4, -0.2) is 4.98 Å². The Labute approximate surface area is 134 Å². The largest absolute Gasteiger partial charge is 0.321 e. The number of benzene rings is 2. The van der Waals surface area contributed by atoms with E-state index in [4.69, 9.17) is 0 Å². The average molecular weight is 310 g/mol. The Bertz CT molecular complexity index is 886. The molecule has 2 aromatic carbocycles. The van der Waals surface area contributed by atoms with Gasteiger partial charge in [0.1, 0.15) is 5.82 Å². The van der Waals surface area contributed by atoms with Crippen LogP contribution in [0.3, 0.4) is 0 Å². The normalized spacial score (nSPS) is 11.0. The summed E-state index contributed by atoms with van der Waals surface area (Å²) in [7, 11) is 0. The summed E-state index contributed by atoms with van der Waals surface area (Å²) in [5.41, 5.74) is 3.18. The molecule has 118 valence electrons. The van der Waals surface area contributed by atoms with Crippen LogP contribution >= 0.6 is 0 Å². The van der Waals surface area contributed by atoms with Crippen molar-refractivity contribution in [1.29, 1.82) is 0 Å². The molecule has 2 N–H and O–H groups in total. The smallest absolute Gasteiger partial charge is 0.252 e. The molecule has 0 amide bonds. The summed E-state index contributed by atoms with van der Waals surface area (Å²) in [6, 6.07) is 14.6. The van der Waals surface area contributed by atoms with Gasteiger partial charge in [0.15, 0.2) is 0 Å². The molecule has 0 aliphatic rings. The van der Waals surface area contributed by atoms with Gasteiger partial charge in [-0.2, -0.15) is 0 Å². The van der Waals surface area contributed by atoms with Gasteiger partial charge in [-0.1, -0.05) is 43.3 Å². The van der Waals surface area contributed by atoms with Crippen molar-refractivity contribution < 1.29 is 4.39 Å². The zero-order valence-electron chi connectivity index (χ0n) is 13.0. The molecule has 0 saturated carbocycles. The van der Waals surface area contributed by atoms with Gasteiger partial charge >= 0.3 is 0 Å². The maximum atomic E-state index is 13.6. The summed E-state index contributed by atoms with van der Waals surface area (Å²) in [4.78, 5) is 15.2. The maximum absolute atomic E-state index is 13.6. The van der Waals surface area contributed by atoms with E-state index in [-0.39, 0.29) is 11.4 Å². The Kier molecular flexibility index (Phi) is 4.53. The van der Waals surface area contributed by atoms with Gasteiger partial charge in [0.05, 0.1) is 5.52 Å². The minimum atomic E-state index is -0.236. The van der Waals surface area contributed by atoms with Gasteiger partial charge in [0, 0.05) is 24.2 Å². The number of fused-ring (bicyclic) bond motifs is 1. The number of aromatic nitrogens is 1. The highest BCUT2D eigenvalue weighted by Crippen LogP contribution is 2.16. The van der Waals surface area contributed by atoms with E-state index in [0.717, 1.165) is 22.9 Å². The first-order chi connectivity index (χ1) is 11.2. The molecule has 0 saturated heterocycles. The van der Waals surface area contributed by atoms with Crippen molar-refractivity contribution in [3.8, 4) is 0 Å². The fourth-order valence-corrected chi connectivity index (χ4v) is 2.74. The topological polar surface area (TPSA) is 44.9 Å². The SMILES string of the molecule is CCc1cccc2cc(CNCc3ccccc3F)c(=O)[nH]c12. The van der Waals surface area contributed by atoms with Crippen molar-refractivity contribution in [2.45, 2.75) is 26.4 Å². The second kappa shape index (κ2) is 6.75. The van der Waals surface area contributed by atoms with E-state index in [1.165, 1.54) is 6.07 Å². The second-order valence-corrected chi connectivity index (χ2v) is 5.55. The Balaban J connectivity index is 1.80. The highest BCUT2D eigenvalue weighted by molar-refractivity contribution is 5.82. The Morgan fingerprint density at radius 3 is 2.52 bits per heavy atom. The summed E-state index contributed by atoms with van der Waals surface area (Å²) in [5.74, 6) is -0.236. The number of pyridine rings is 1. The summed E-state index contributed by atoms with van der Waals surface area (Å²) in [6.07, 6.45) is 0.873. The van der Waals surface area contributed by atoms with Crippen LogP contribution in [0.25, 0.3) is 10.9 Å². The first-order valence-electron chi connectivity index (χ1n) is 7.77. The fraction of sp³-hybridized carbons (Fsp3) is 0.211. The van der Waals surface area contributed by atoms with E-state index < -0.39 is 0 Å². The molecule has 3 nitrogen and oxygen atoms in total. The molecule has 23 heavy (non-hydrogen) atoms. The van der Waals surface area contributed by atoms with Crippen LogP contribution in [0.1, 0.15) is 23.6 Å². The third-order valence-corrected chi connectivity index (χ3v) is 4.01. The summed E-state index contributed by atoms with van der Waals surface area (Å²) < 4.78 is 13.6. The number of aromatic amines is 1. The lowest BCUT2D eigenvalue weighted by Gasteiger charge is -2.08. The summed E-state index contributed by atoms with van der Waals surface area (Å²) >= 11 is 0. The number of H-pyrrole nitrogens is 1. The maximum Gasteiger partial charge on any atom is 0.252 e. The lowest BCUT2D eigenvalue weighted by molar-refractivity contribution is 0.587. The first-order valence-corrected chi connectivity index (χ1v) is 7.77. The highest BCUT2D eigenvalue weighted by atomic mass is 19.1. The molecule has 3 rings (SSSR count). The number of hydrogen-bond donors (Lipinski definition) is 2. The number of aryl methyl sites for hydroxylation is 1. The molecular formula is C19H19FN2O. The van der Waals surface area contributed by atoms with Crippen LogP contribution < -0.4 is 10.9 Å². The van der Waals surface area contributed by atoms with E-state index in [9.17, 15) is 9.18 Å². The minimum Gasteiger partial charge on any atom is -0.321 e. The zero-order chi connectivity index (χ0) is 16.2. The molecular weight excluding hydrogens is 291 g/mol. The van der Waals surface area contributed by atoms with Gasteiger partial charge in [-0.15, -0.1) is 0 Å². The Morgan fingerprint density at radius 1 is 1.00 bits per heavy atom. The number of para-hydroxylation sites is 1. The van der Waals surface area contributed by atoms with Crippen LogP contribution in [0.2, 0.25) is 0 Å². The molecule has 0 radical (unpaired) electrons. The molecule has 0 aliphatic heterocycles. The van der Waals surface area contributed by atoms with E-state index in [1.807, 2.05) is 24.3 Å². The summed E-state index contributed by atoms with van der Waals surface area (Å²) in [6.45, 7) is 2.85. The summed E-state index contributed by atoms with van der Waals surface area (Å²) in [5, 5.41) is 4.15. The molecule has 0 unspecified atom stereocenters. The highest BCUT2D eigenvalue weighted by Gasteiger charge is 2.06. The fourth-order valence-electron chi connectivity index (χ4n) is 2.74. The van der Waals surface area contributed by atoms with Crippen molar-refractivity contribution in [3.63, 3.8) is 0 Å². The Hall–Kier alpha value is -2.46. The molecule has 1 heterocycles. The number of halogens is 1. The lowest BCUT2D eigenvalue weighted by atomic mass is 10.1. The van der Waals surface area contributed by atoms with Gasteiger partial charge in [-0.25, -0.2) is 4.39 Å². The van der Waals surface area contributed by atoms with Gasteiger partial charge in [0.25, 0.3) is 5.56 Å². The van der Waals surface area contributed by atoms with Gasteiger partial charge in [0.2, 0.25) is 0 Å². The van der Waals surface area contributed by atoms with Gasteiger partial charge in [-0.05, 0) is 29.5 Å². The molecule has 3 aromatic rings. The van der Waals surface area contributed by atoms with Crippen LogP contribution in [0.15, 0.2) is 53.3 Å². The van der Waals surface area contributed by atoms with Gasteiger partial charge in [-0.3, -0.25) is 4.79 Å². The van der Waals surface area contributed by atoms with Crippen molar-refractivity contribution in [1.82, 2.24) is 10.3 Å². The molecule has 0 bridgehead atoms. The molecule has 4 heteroatoms. The minimum absolute atomic E-state index is 0.0977. The number of nitrogens with one attached hydrogen (secondary N) is 2. The predicted molar refractivity (Wildman–Crippen MR) is 90.9 cm³/mol. The number of rotatable bonds is 5. The quantitative estimate of drug-likeness (QED) is 0.757. The lowest BCUT2D eigenvalue weighted by Crippen LogP contribution is -2.21. The van der Waals surface area contributed by atoms with Gasteiger partial charge < -0.3 is 10.3 Å². The second-order valence-electron chi connectivity index (χ2n) is 5.55. The predicted octanol–water partition coefficient (Wildman–Crippen LogP) is 3.52. The molecule has 1 aromatic heterocycles. The van der Waals surface area contributed by atoms with E-state index >= 15 is 0 Å². The van der Waals surface area contributed by atoms with Crippen LogP contribution in [0.5, 0.6) is 0 Å². The third-order valence-electron chi connectivity index (χ3n) is 4.01. The zero-order valence-corrected chi connectivity index (χ0v) is 13.0. The first kappa shape index (κ1) is 15.4. The molecule has 0 fully saturated rings. The molecule has 0 atom stereocenters. The number of hydrogen-bond acceptors (Lipinski definition) is 2. The van der Waals surface area contributed by atoms with Crippen molar-refractivity contribution >= 4 is 10.9 Å². The molecule has 0 aliphatic carbocycles. The van der Waals surface area contributed by atoms with E-state index in [0.29, 0.717) is 24.2 Å². The monoisotopic (exact) mass is 310 g/mol. The average Bonchev–Trinajstić information content (AvgIpc) is 2.56. The van der Waals surface area contributed by atoms with Crippen LogP contribution in [0.4, 0.5) is 4.39 Å². The molecule has 0 spiro atoms. The van der Waals surface area contributed by atoms with Crippen LogP contribution in [-0.2, 0) is 19.5 Å². The Morgan fingerprint density at radius 2 is 1.74 bits per heavy atom. The standard InChI is InChI=1S/C19H19FN2O/c1-2-13-7-5-8-14-10-16(19(23)22-18(13)14)12-21-11-15-6-3-4-9-17(15)20/h3-10,21H,2,11-12H2,1H3,(H,22,23). The van der Waals surface area contributed by atoms with E-state index in [1.54, 1.807) is 18.2 Å². The van der Waals surface area contributed by atoms with E-state index in [2.05, 4.69) is 17.2 Å². The van der Waals surface area contributed by atoms with Crippen molar-refractivity contribution in [2.24, 2.45) is 0 Å².